The molecule has 16 heteroatoms. The third-order valence-corrected chi connectivity index (χ3v) is 15.6. The minimum Gasteiger partial charge on any atom is -0.369 e. The molecule has 3 amide bonds. The molecule has 0 aliphatic carbocycles. The molecule has 70 heavy (non-hydrogen) atoms. The van der Waals surface area contributed by atoms with Crippen molar-refractivity contribution in [2.24, 2.45) is 23.3 Å². The Morgan fingerprint density at radius 2 is 1.00 bits per heavy atom. The van der Waals surface area contributed by atoms with E-state index >= 15 is 0 Å². The fraction of sp³-hybridized carbons (Fsp3) is 0.370. The van der Waals surface area contributed by atoms with Gasteiger partial charge in [0.2, 0.25) is 37.8 Å². The van der Waals surface area contributed by atoms with Crippen molar-refractivity contribution in [2.45, 2.75) is 81.9 Å². The smallest absolute Gasteiger partial charge is 0.235 e. The molecular weight excluding hydrogens is 925 g/mol. The third-order valence-electron chi connectivity index (χ3n) is 12.1. The molecule has 0 heterocycles. The zero-order valence-electron chi connectivity index (χ0n) is 40.0. The summed E-state index contributed by atoms with van der Waals surface area (Å²) in [5, 5.41) is 5.99. The zero-order valence-corrected chi connectivity index (χ0v) is 41.6. The normalized spacial score (nSPS) is 13.5. The van der Waals surface area contributed by atoms with Gasteiger partial charge < -0.3 is 22.1 Å². The van der Waals surface area contributed by atoms with Crippen LogP contribution in [0.5, 0.6) is 0 Å². The number of hydrogen-bond acceptors (Lipinski definition) is 9. The van der Waals surface area contributed by atoms with E-state index in [2.05, 4.69) is 10.6 Å². The maximum Gasteiger partial charge on any atom is 0.235 e. The number of benzene rings is 5. The van der Waals surface area contributed by atoms with Gasteiger partial charge in [-0.3, -0.25) is 19.2 Å². The van der Waals surface area contributed by atoms with Crippen LogP contribution >= 0.6 is 0 Å². The van der Waals surface area contributed by atoms with Crippen LogP contribution < -0.4 is 22.1 Å². The highest BCUT2D eigenvalue weighted by molar-refractivity contribution is 7.88. The lowest BCUT2D eigenvalue weighted by molar-refractivity contribution is -0.128. The van der Waals surface area contributed by atoms with Crippen molar-refractivity contribution in [1.29, 1.82) is 0 Å². The van der Waals surface area contributed by atoms with Gasteiger partial charge in [-0.15, -0.1) is 0 Å². The molecule has 6 N–H and O–H groups in total. The zero-order chi connectivity index (χ0) is 50.4. The van der Waals surface area contributed by atoms with Crippen LogP contribution in [0.2, 0.25) is 0 Å². The van der Waals surface area contributed by atoms with E-state index in [1.54, 1.807) is 60.7 Å². The Labute approximate surface area is 414 Å². The summed E-state index contributed by atoms with van der Waals surface area (Å²) < 4.78 is 59.0. The monoisotopic (exact) mass is 992 g/mol. The summed E-state index contributed by atoms with van der Waals surface area (Å²) in [6.45, 7) is 0.541. The van der Waals surface area contributed by atoms with E-state index in [9.17, 15) is 36.0 Å². The van der Waals surface area contributed by atoms with E-state index in [0.29, 0.717) is 43.4 Å². The van der Waals surface area contributed by atoms with E-state index in [0.717, 1.165) is 25.3 Å². The van der Waals surface area contributed by atoms with Crippen LogP contribution in [0.25, 0.3) is 0 Å². The standard InChI is InChI=1S/C54H68N6O8S2/c1-2-48(33-43-22-10-4-11-23-43)54(64)57-49(34-44-24-12-5-13-25-44)37-60(70(67,68)41-46-28-16-7-17-29-46)39-53(63)58-50(30-18-19-31-55)51(61)35-47(32-42-20-8-3-9-21-42)36-59(38-52(56)62)69(65,66)40-45-26-14-6-15-27-45/h3-17,20-29,47-50H,2,18-19,30-41,55H2,1H3,(H2,56,62)(H,57,64)(H,58,63)/t47-,48+,49+,50+/m1/s1. The van der Waals surface area contributed by atoms with Crippen LogP contribution in [0.15, 0.2) is 152 Å². The van der Waals surface area contributed by atoms with Gasteiger partial charge in [0.25, 0.3) is 0 Å². The number of nitrogens with one attached hydrogen (secondary N) is 2. The van der Waals surface area contributed by atoms with Gasteiger partial charge in [-0.25, -0.2) is 16.8 Å². The van der Waals surface area contributed by atoms with Gasteiger partial charge in [-0.2, -0.15) is 8.61 Å². The molecule has 0 bridgehead atoms. The van der Waals surface area contributed by atoms with Gasteiger partial charge in [0.05, 0.1) is 30.6 Å². The summed E-state index contributed by atoms with van der Waals surface area (Å²) >= 11 is 0. The Hall–Kier alpha value is -6.04. The number of amides is 3. The van der Waals surface area contributed by atoms with Crippen LogP contribution in [0.4, 0.5) is 0 Å². The number of hydrogen-bond donors (Lipinski definition) is 4. The number of ketones is 1. The third kappa shape index (κ3) is 18.7. The Kier molecular flexibility index (Phi) is 21.9. The molecule has 374 valence electrons. The number of primary amides is 1. The van der Waals surface area contributed by atoms with Crippen molar-refractivity contribution in [2.75, 3.05) is 32.7 Å². The molecule has 5 aromatic carbocycles. The second-order valence-corrected chi connectivity index (χ2v) is 21.8. The minimum atomic E-state index is -4.24. The summed E-state index contributed by atoms with van der Waals surface area (Å²) in [5.41, 5.74) is 15.1. The van der Waals surface area contributed by atoms with Gasteiger partial charge in [0.15, 0.2) is 5.78 Å². The molecule has 0 spiro atoms. The topological polar surface area (TPSA) is 219 Å². The first-order valence-electron chi connectivity index (χ1n) is 23.9. The SMILES string of the molecule is CC[C@@H](Cc1ccccc1)C(=O)N[C@@H](Cc1ccccc1)CN(CC(=O)N[C@@H](CCCCN)C(=O)C[C@@H](Cc1ccccc1)CN(CC(N)=O)S(=O)(=O)Cc1ccccc1)S(=O)(=O)Cc1ccccc1. The molecule has 4 atom stereocenters. The van der Waals surface area contributed by atoms with Crippen molar-refractivity contribution in [3.63, 3.8) is 0 Å². The van der Waals surface area contributed by atoms with Crippen LogP contribution in [-0.4, -0.2) is 93.8 Å². The molecule has 0 aliphatic heterocycles. The van der Waals surface area contributed by atoms with Crippen LogP contribution in [0, 0.1) is 11.8 Å². The molecule has 0 radical (unpaired) electrons. The molecule has 0 fully saturated rings. The van der Waals surface area contributed by atoms with Crippen molar-refractivity contribution >= 4 is 43.6 Å². The number of rotatable bonds is 31. The van der Waals surface area contributed by atoms with Gasteiger partial charge in [0, 0.05) is 31.5 Å². The van der Waals surface area contributed by atoms with Gasteiger partial charge in [-0.05, 0) is 85.2 Å². The summed E-state index contributed by atoms with van der Waals surface area (Å²) in [4.78, 5) is 55.4. The lowest BCUT2D eigenvalue weighted by atomic mass is 9.90. The lowest BCUT2D eigenvalue weighted by Gasteiger charge is -2.30. The number of nitrogens with zero attached hydrogens (tertiary/aromatic N) is 2. The number of nitrogens with two attached hydrogens (primary N) is 2. The highest BCUT2D eigenvalue weighted by atomic mass is 32.2. The average molecular weight is 993 g/mol. The number of carbonyl (C=O) groups is 4. The summed E-state index contributed by atoms with van der Waals surface area (Å²) in [7, 11) is -8.35. The Bertz CT molecular complexity index is 2610. The molecule has 0 unspecified atom stereocenters. The Morgan fingerprint density at radius 1 is 0.557 bits per heavy atom. The van der Waals surface area contributed by atoms with Crippen molar-refractivity contribution in [3.05, 3.63) is 179 Å². The summed E-state index contributed by atoms with van der Waals surface area (Å²) in [5.74, 6) is -4.11. The van der Waals surface area contributed by atoms with E-state index in [1.165, 1.54) is 0 Å². The second-order valence-electron chi connectivity index (χ2n) is 17.9. The number of Topliss-reactive ketones (excluding diaryl/α,β-unsaturated/α-hetero) is 1. The molecular formula is C54H68N6O8S2. The molecule has 14 nitrogen and oxygen atoms in total. The van der Waals surface area contributed by atoms with E-state index in [4.69, 9.17) is 11.5 Å². The van der Waals surface area contributed by atoms with E-state index in [1.807, 2.05) is 97.9 Å². The Balaban J connectivity index is 1.43. The molecule has 0 aliphatic rings. The van der Waals surface area contributed by atoms with Gasteiger partial charge in [-0.1, -0.05) is 159 Å². The largest absolute Gasteiger partial charge is 0.369 e. The first-order chi connectivity index (χ1) is 33.6. The maximum absolute atomic E-state index is 14.6. The number of unbranched alkanes of at least 4 members (excludes halogenated alkanes) is 1. The average Bonchev–Trinajstić information content (AvgIpc) is 3.33. The highest BCUT2D eigenvalue weighted by Gasteiger charge is 2.33. The summed E-state index contributed by atoms with van der Waals surface area (Å²) in [6, 6.07) is 43.6. The molecule has 0 saturated carbocycles. The molecule has 5 rings (SSSR count). The minimum absolute atomic E-state index is 0.181. The predicted octanol–water partition coefficient (Wildman–Crippen LogP) is 5.56. The van der Waals surface area contributed by atoms with Crippen molar-refractivity contribution in [1.82, 2.24) is 19.2 Å². The number of carbonyl (C=O) groups excluding carboxylic acids is 4. The quantitative estimate of drug-likeness (QED) is 0.0408. The fourth-order valence-corrected chi connectivity index (χ4v) is 11.6. The highest BCUT2D eigenvalue weighted by Crippen LogP contribution is 2.22. The van der Waals surface area contributed by atoms with Crippen LogP contribution in [-0.2, 0) is 70.0 Å². The predicted molar refractivity (Wildman–Crippen MR) is 275 cm³/mol. The van der Waals surface area contributed by atoms with Crippen molar-refractivity contribution in [3.8, 4) is 0 Å². The first-order valence-corrected chi connectivity index (χ1v) is 27.1. The van der Waals surface area contributed by atoms with Crippen LogP contribution in [0.1, 0.15) is 66.8 Å². The Morgan fingerprint density at radius 3 is 1.46 bits per heavy atom. The van der Waals surface area contributed by atoms with Gasteiger partial charge in [0.1, 0.15) is 0 Å². The molecule has 5 aromatic rings. The van der Waals surface area contributed by atoms with Crippen LogP contribution in [0.3, 0.4) is 0 Å². The molecule has 0 saturated heterocycles. The second kappa shape index (κ2) is 28.0. The van der Waals surface area contributed by atoms with E-state index < -0.39 is 86.2 Å². The lowest BCUT2D eigenvalue weighted by Crippen LogP contribution is -2.52. The number of sulfonamides is 2. The van der Waals surface area contributed by atoms with Gasteiger partial charge >= 0.3 is 0 Å². The maximum atomic E-state index is 14.6. The fourth-order valence-electron chi connectivity index (χ4n) is 8.49. The van der Waals surface area contributed by atoms with Crippen molar-refractivity contribution < 1.29 is 36.0 Å². The first kappa shape index (κ1) is 54.9. The molecule has 0 aromatic heterocycles. The van der Waals surface area contributed by atoms with E-state index in [-0.39, 0.29) is 44.7 Å². The summed E-state index contributed by atoms with van der Waals surface area (Å²) in [6.07, 6.45) is 2.54.